The molecule has 1 aliphatic carbocycles. The van der Waals surface area contributed by atoms with Crippen LogP contribution >= 0.6 is 0 Å². The summed E-state index contributed by atoms with van der Waals surface area (Å²) in [6, 6.07) is 0. The Morgan fingerprint density at radius 1 is 1.39 bits per heavy atom. The van der Waals surface area contributed by atoms with Crippen molar-refractivity contribution >= 4 is 5.91 Å². The van der Waals surface area contributed by atoms with Gasteiger partial charge in [-0.25, -0.2) is 0 Å². The highest BCUT2D eigenvalue weighted by Crippen LogP contribution is 2.37. The first-order valence-corrected chi connectivity index (χ1v) is 8.84. The van der Waals surface area contributed by atoms with Crippen LogP contribution in [0.15, 0.2) is 6.20 Å². The fourth-order valence-electron chi connectivity index (χ4n) is 3.73. The number of carbonyl (C=O) groups is 1. The van der Waals surface area contributed by atoms with E-state index < -0.39 is 0 Å². The lowest BCUT2D eigenvalue weighted by Crippen LogP contribution is -2.33. The second kappa shape index (κ2) is 6.63. The molecule has 1 saturated carbocycles. The molecule has 0 radical (unpaired) electrons. The molecular formula is C18H29N3O2. The van der Waals surface area contributed by atoms with Crippen molar-refractivity contribution in [2.45, 2.75) is 51.9 Å². The van der Waals surface area contributed by atoms with E-state index in [9.17, 15) is 4.79 Å². The zero-order chi connectivity index (χ0) is 16.4. The molecule has 23 heavy (non-hydrogen) atoms. The number of rotatable bonds is 4. The summed E-state index contributed by atoms with van der Waals surface area (Å²) in [5, 5.41) is 7.64. The van der Waals surface area contributed by atoms with Crippen molar-refractivity contribution in [1.82, 2.24) is 15.1 Å². The maximum absolute atomic E-state index is 12.6. The molecule has 0 aromatic carbocycles. The Bertz CT molecular complexity index is 549. The van der Waals surface area contributed by atoms with Crippen LogP contribution in [0.3, 0.4) is 0 Å². The van der Waals surface area contributed by atoms with E-state index in [0.29, 0.717) is 17.9 Å². The van der Waals surface area contributed by atoms with Crippen LogP contribution in [-0.4, -0.2) is 35.4 Å². The molecule has 1 unspecified atom stereocenters. The van der Waals surface area contributed by atoms with Gasteiger partial charge in [-0.3, -0.25) is 9.48 Å². The molecule has 3 rings (SSSR count). The highest BCUT2D eigenvalue weighted by Gasteiger charge is 2.29. The Labute approximate surface area is 138 Å². The van der Waals surface area contributed by atoms with Gasteiger partial charge in [0, 0.05) is 32.3 Å². The van der Waals surface area contributed by atoms with Crippen LogP contribution in [0, 0.1) is 11.3 Å². The van der Waals surface area contributed by atoms with E-state index in [1.165, 1.54) is 25.7 Å². The molecule has 2 fully saturated rings. The molecule has 0 spiro atoms. The third-order valence-corrected chi connectivity index (χ3v) is 5.43. The van der Waals surface area contributed by atoms with E-state index in [1.54, 1.807) is 4.68 Å². The van der Waals surface area contributed by atoms with E-state index in [-0.39, 0.29) is 11.8 Å². The number of nitrogens with zero attached hydrogens (tertiary/aromatic N) is 2. The Morgan fingerprint density at radius 3 is 2.78 bits per heavy atom. The normalized spacial score (nSPS) is 24.7. The number of nitrogens with one attached hydrogen (secondary N) is 1. The molecule has 1 amide bonds. The fourth-order valence-corrected chi connectivity index (χ4v) is 3.73. The molecular weight excluding hydrogens is 290 g/mol. The van der Waals surface area contributed by atoms with Gasteiger partial charge in [0.05, 0.1) is 17.9 Å². The maximum atomic E-state index is 12.6. The minimum atomic E-state index is 0.0184. The smallest absolute Gasteiger partial charge is 0.254 e. The average molecular weight is 319 g/mol. The van der Waals surface area contributed by atoms with Crippen molar-refractivity contribution < 1.29 is 9.53 Å². The van der Waals surface area contributed by atoms with Gasteiger partial charge < -0.3 is 10.1 Å². The van der Waals surface area contributed by atoms with Gasteiger partial charge in [-0.2, -0.15) is 5.10 Å². The summed E-state index contributed by atoms with van der Waals surface area (Å²) in [5.74, 6) is 0.888. The number of aromatic nitrogens is 2. The Morgan fingerprint density at radius 2 is 2.13 bits per heavy atom. The predicted molar refractivity (Wildman–Crippen MR) is 89.5 cm³/mol. The number of hydrogen-bond donors (Lipinski definition) is 1. The standard InChI is InChI=1S/C18H29N3O2/c1-18(2)7-4-13(5-8-18)10-19-17(22)15-11-21(3)20-16(15)14-6-9-23-12-14/h11,13-14H,4-10,12H2,1-3H3,(H,19,22). The Hall–Kier alpha value is -1.36. The Kier molecular flexibility index (Phi) is 4.76. The van der Waals surface area contributed by atoms with Crippen LogP contribution in [0.25, 0.3) is 0 Å². The zero-order valence-corrected chi connectivity index (χ0v) is 14.6. The monoisotopic (exact) mass is 319 g/mol. The number of hydrogen-bond acceptors (Lipinski definition) is 3. The molecule has 2 aliphatic rings. The van der Waals surface area contributed by atoms with E-state index in [2.05, 4.69) is 24.3 Å². The van der Waals surface area contributed by atoms with E-state index in [0.717, 1.165) is 30.8 Å². The second-order valence-electron chi connectivity index (χ2n) is 7.98. The van der Waals surface area contributed by atoms with Gasteiger partial charge in [0.25, 0.3) is 5.91 Å². The quantitative estimate of drug-likeness (QED) is 0.928. The summed E-state index contributed by atoms with van der Waals surface area (Å²) in [6.45, 7) is 6.90. The molecule has 2 heterocycles. The minimum absolute atomic E-state index is 0.0184. The van der Waals surface area contributed by atoms with Gasteiger partial charge >= 0.3 is 0 Å². The molecule has 128 valence electrons. The first-order valence-electron chi connectivity index (χ1n) is 8.84. The van der Waals surface area contributed by atoms with Crippen molar-refractivity contribution in [3.63, 3.8) is 0 Å². The molecule has 5 heteroatoms. The number of aryl methyl sites for hydroxylation is 1. The average Bonchev–Trinajstić information content (AvgIpc) is 3.14. The van der Waals surface area contributed by atoms with Crippen molar-refractivity contribution in [2.24, 2.45) is 18.4 Å². The van der Waals surface area contributed by atoms with E-state index in [4.69, 9.17) is 4.74 Å². The van der Waals surface area contributed by atoms with Crippen molar-refractivity contribution in [2.75, 3.05) is 19.8 Å². The molecule has 1 saturated heterocycles. The number of ether oxygens (including phenoxy) is 1. The first-order chi connectivity index (χ1) is 10.9. The van der Waals surface area contributed by atoms with Crippen LogP contribution in [0.4, 0.5) is 0 Å². The highest BCUT2D eigenvalue weighted by atomic mass is 16.5. The van der Waals surface area contributed by atoms with Crippen LogP contribution in [-0.2, 0) is 11.8 Å². The lowest BCUT2D eigenvalue weighted by atomic mass is 9.73. The predicted octanol–water partition coefficient (Wildman–Crippen LogP) is 2.87. The SMILES string of the molecule is Cn1cc(C(=O)NCC2CCC(C)(C)CC2)c(C2CCOC2)n1. The van der Waals surface area contributed by atoms with Crippen molar-refractivity contribution in [3.05, 3.63) is 17.5 Å². The van der Waals surface area contributed by atoms with Crippen molar-refractivity contribution in [3.8, 4) is 0 Å². The summed E-state index contributed by atoms with van der Waals surface area (Å²) in [6.07, 6.45) is 7.73. The molecule has 1 aromatic rings. The Balaban J connectivity index is 1.58. The summed E-state index contributed by atoms with van der Waals surface area (Å²) in [4.78, 5) is 12.6. The van der Waals surface area contributed by atoms with E-state index >= 15 is 0 Å². The van der Waals surface area contributed by atoms with Crippen molar-refractivity contribution in [1.29, 1.82) is 0 Å². The minimum Gasteiger partial charge on any atom is -0.381 e. The molecule has 1 aliphatic heterocycles. The molecule has 1 N–H and O–H groups in total. The second-order valence-corrected chi connectivity index (χ2v) is 7.98. The summed E-state index contributed by atoms with van der Waals surface area (Å²) in [5.41, 5.74) is 2.09. The summed E-state index contributed by atoms with van der Waals surface area (Å²) in [7, 11) is 1.87. The third kappa shape index (κ3) is 3.94. The lowest BCUT2D eigenvalue weighted by Gasteiger charge is -2.34. The van der Waals surface area contributed by atoms with Crippen LogP contribution in [0.5, 0.6) is 0 Å². The van der Waals surface area contributed by atoms with Gasteiger partial charge in [-0.05, 0) is 43.4 Å². The lowest BCUT2D eigenvalue weighted by molar-refractivity contribution is 0.0934. The third-order valence-electron chi connectivity index (χ3n) is 5.43. The van der Waals surface area contributed by atoms with Gasteiger partial charge in [-0.15, -0.1) is 0 Å². The zero-order valence-electron chi connectivity index (χ0n) is 14.6. The fraction of sp³-hybridized carbons (Fsp3) is 0.778. The first kappa shape index (κ1) is 16.5. The molecule has 5 nitrogen and oxygen atoms in total. The number of amides is 1. The highest BCUT2D eigenvalue weighted by molar-refractivity contribution is 5.95. The van der Waals surface area contributed by atoms with Gasteiger partial charge in [-0.1, -0.05) is 13.8 Å². The topological polar surface area (TPSA) is 56.2 Å². The van der Waals surface area contributed by atoms with Crippen LogP contribution < -0.4 is 5.32 Å². The summed E-state index contributed by atoms with van der Waals surface area (Å²) >= 11 is 0. The van der Waals surface area contributed by atoms with E-state index in [1.807, 2.05) is 13.2 Å². The number of carbonyl (C=O) groups excluding carboxylic acids is 1. The van der Waals surface area contributed by atoms with Gasteiger partial charge in [0.15, 0.2) is 0 Å². The van der Waals surface area contributed by atoms with Gasteiger partial charge in [0.1, 0.15) is 0 Å². The van der Waals surface area contributed by atoms with Gasteiger partial charge in [0.2, 0.25) is 0 Å². The molecule has 1 atom stereocenters. The molecule has 1 aromatic heterocycles. The molecule has 0 bridgehead atoms. The summed E-state index contributed by atoms with van der Waals surface area (Å²) < 4.78 is 7.19. The van der Waals surface area contributed by atoms with Crippen LogP contribution in [0.2, 0.25) is 0 Å². The maximum Gasteiger partial charge on any atom is 0.254 e. The van der Waals surface area contributed by atoms with Crippen LogP contribution in [0.1, 0.15) is 67.9 Å². The largest absolute Gasteiger partial charge is 0.381 e.